The molecule has 5 nitrogen and oxygen atoms in total. The number of nitrogens with one attached hydrogen (secondary N) is 1. The van der Waals surface area contributed by atoms with Crippen LogP contribution < -0.4 is 5.32 Å². The normalized spacial score (nSPS) is 32.1. The molecule has 2 aliphatic rings. The van der Waals surface area contributed by atoms with E-state index in [-0.39, 0.29) is 18.1 Å². The summed E-state index contributed by atoms with van der Waals surface area (Å²) in [4.78, 5) is 14.0. The highest BCUT2D eigenvalue weighted by molar-refractivity contribution is 5.76. The molecule has 0 saturated carbocycles. The number of ether oxygens (including phenoxy) is 2. The van der Waals surface area contributed by atoms with Crippen molar-refractivity contribution >= 4 is 5.91 Å². The van der Waals surface area contributed by atoms with E-state index in [4.69, 9.17) is 9.47 Å². The Morgan fingerprint density at radius 3 is 2.44 bits per heavy atom. The van der Waals surface area contributed by atoms with Crippen LogP contribution in [0.25, 0.3) is 0 Å². The van der Waals surface area contributed by atoms with Gasteiger partial charge in [-0.2, -0.15) is 0 Å². The van der Waals surface area contributed by atoms with Crippen molar-refractivity contribution in [3.05, 3.63) is 0 Å². The zero-order chi connectivity index (χ0) is 13.0. The van der Waals surface area contributed by atoms with Crippen molar-refractivity contribution in [3.63, 3.8) is 0 Å². The predicted molar refractivity (Wildman–Crippen MR) is 68.4 cm³/mol. The molecule has 0 aromatic carbocycles. The summed E-state index contributed by atoms with van der Waals surface area (Å²) in [7, 11) is 3.35. The molecule has 2 fully saturated rings. The fraction of sp³-hybridized carbons (Fsp3) is 0.923. The molecule has 2 rings (SSSR count). The number of rotatable bonds is 5. The molecule has 0 aromatic rings. The van der Waals surface area contributed by atoms with E-state index in [0.717, 1.165) is 19.5 Å². The first-order chi connectivity index (χ1) is 8.74. The fourth-order valence-corrected chi connectivity index (χ4v) is 2.85. The number of amides is 1. The largest absolute Gasteiger partial charge is 0.377 e. The van der Waals surface area contributed by atoms with Gasteiger partial charge in [-0.25, -0.2) is 0 Å². The molecule has 1 amide bonds. The molecular formula is C13H24N2O3. The van der Waals surface area contributed by atoms with Crippen LogP contribution in [0, 0.1) is 5.92 Å². The first kappa shape index (κ1) is 13.8. The van der Waals surface area contributed by atoms with Gasteiger partial charge in [-0.1, -0.05) is 0 Å². The second-order valence-electron chi connectivity index (χ2n) is 5.24. The number of hydrogen-bond acceptors (Lipinski definition) is 4. The van der Waals surface area contributed by atoms with Gasteiger partial charge in [0.1, 0.15) is 12.2 Å². The maximum atomic E-state index is 12.1. The van der Waals surface area contributed by atoms with Gasteiger partial charge in [-0.15, -0.1) is 0 Å². The molecule has 18 heavy (non-hydrogen) atoms. The molecule has 0 spiro atoms. The lowest BCUT2D eigenvalue weighted by atomic mass is 10.0. The van der Waals surface area contributed by atoms with Crippen molar-refractivity contribution in [2.45, 2.75) is 31.5 Å². The first-order valence-corrected chi connectivity index (χ1v) is 6.78. The van der Waals surface area contributed by atoms with Gasteiger partial charge < -0.3 is 19.7 Å². The Morgan fingerprint density at radius 2 is 1.94 bits per heavy atom. The summed E-state index contributed by atoms with van der Waals surface area (Å²) in [6.07, 6.45) is 2.89. The molecule has 0 aliphatic carbocycles. The van der Waals surface area contributed by atoms with Crippen LogP contribution >= 0.6 is 0 Å². The molecule has 3 unspecified atom stereocenters. The molecule has 2 aliphatic heterocycles. The highest BCUT2D eigenvalue weighted by atomic mass is 16.5. The third-order valence-electron chi connectivity index (χ3n) is 4.10. The van der Waals surface area contributed by atoms with E-state index in [1.54, 1.807) is 14.2 Å². The maximum Gasteiger partial charge on any atom is 0.222 e. The van der Waals surface area contributed by atoms with E-state index in [1.807, 2.05) is 4.90 Å². The van der Waals surface area contributed by atoms with Crippen molar-refractivity contribution in [1.82, 2.24) is 10.2 Å². The standard InChI is InChI=1S/C13H24N2O3/c1-17-11-8-15(9-12(11)18-2)13(16)4-3-10-5-6-14-7-10/h10-12,14H,3-9H2,1-2H3. The monoisotopic (exact) mass is 256 g/mol. The molecule has 1 N–H and O–H groups in total. The Kier molecular flexibility index (Phi) is 4.97. The van der Waals surface area contributed by atoms with Crippen molar-refractivity contribution in [2.75, 3.05) is 40.4 Å². The Hall–Kier alpha value is -0.650. The smallest absolute Gasteiger partial charge is 0.222 e. The lowest BCUT2D eigenvalue weighted by molar-refractivity contribution is -0.131. The minimum atomic E-state index is 0.0205. The second kappa shape index (κ2) is 6.50. The summed E-state index contributed by atoms with van der Waals surface area (Å²) < 4.78 is 10.7. The number of hydrogen-bond donors (Lipinski definition) is 1. The topological polar surface area (TPSA) is 50.8 Å². The minimum Gasteiger partial charge on any atom is -0.377 e. The van der Waals surface area contributed by atoms with E-state index in [1.165, 1.54) is 6.42 Å². The highest BCUT2D eigenvalue weighted by Gasteiger charge is 2.35. The summed E-state index contributed by atoms with van der Waals surface area (Å²) >= 11 is 0. The third kappa shape index (κ3) is 3.22. The number of carbonyl (C=O) groups is 1. The van der Waals surface area contributed by atoms with Gasteiger partial charge >= 0.3 is 0 Å². The van der Waals surface area contributed by atoms with E-state index in [0.29, 0.717) is 25.4 Å². The number of likely N-dealkylation sites (tertiary alicyclic amines) is 1. The third-order valence-corrected chi connectivity index (χ3v) is 4.10. The van der Waals surface area contributed by atoms with Crippen molar-refractivity contribution in [3.8, 4) is 0 Å². The van der Waals surface area contributed by atoms with Crippen LogP contribution in [-0.4, -0.2) is 63.4 Å². The van der Waals surface area contributed by atoms with Gasteiger partial charge in [0.2, 0.25) is 5.91 Å². The second-order valence-corrected chi connectivity index (χ2v) is 5.24. The van der Waals surface area contributed by atoms with Gasteiger partial charge in [0, 0.05) is 33.7 Å². The van der Waals surface area contributed by atoms with Gasteiger partial charge in [-0.3, -0.25) is 4.79 Å². The van der Waals surface area contributed by atoms with Crippen molar-refractivity contribution < 1.29 is 14.3 Å². The van der Waals surface area contributed by atoms with E-state index in [2.05, 4.69) is 5.32 Å². The predicted octanol–water partition coefficient (Wildman–Crippen LogP) is 0.248. The maximum absolute atomic E-state index is 12.1. The molecule has 2 saturated heterocycles. The van der Waals surface area contributed by atoms with E-state index in [9.17, 15) is 4.79 Å². The van der Waals surface area contributed by atoms with Gasteiger partial charge in [-0.05, 0) is 31.8 Å². The zero-order valence-corrected chi connectivity index (χ0v) is 11.4. The molecule has 0 radical (unpaired) electrons. The summed E-state index contributed by atoms with van der Waals surface area (Å²) in [6, 6.07) is 0. The van der Waals surface area contributed by atoms with Crippen LogP contribution in [0.15, 0.2) is 0 Å². The van der Waals surface area contributed by atoms with Crippen molar-refractivity contribution in [1.29, 1.82) is 0 Å². The van der Waals surface area contributed by atoms with Crippen molar-refractivity contribution in [2.24, 2.45) is 5.92 Å². The van der Waals surface area contributed by atoms with Crippen LogP contribution in [0.2, 0.25) is 0 Å². The molecular weight excluding hydrogens is 232 g/mol. The van der Waals surface area contributed by atoms with E-state index >= 15 is 0 Å². The summed E-state index contributed by atoms with van der Waals surface area (Å²) in [5, 5.41) is 3.33. The van der Waals surface area contributed by atoms with Crippen LogP contribution in [0.5, 0.6) is 0 Å². The quantitative estimate of drug-likeness (QED) is 0.766. The van der Waals surface area contributed by atoms with Gasteiger partial charge in [0.15, 0.2) is 0 Å². The zero-order valence-electron chi connectivity index (χ0n) is 11.4. The highest BCUT2D eigenvalue weighted by Crippen LogP contribution is 2.19. The lowest BCUT2D eigenvalue weighted by Crippen LogP contribution is -2.30. The Bertz CT molecular complexity index is 267. The first-order valence-electron chi connectivity index (χ1n) is 6.78. The van der Waals surface area contributed by atoms with Crippen LogP contribution in [0.1, 0.15) is 19.3 Å². The number of methoxy groups -OCH3 is 2. The average molecular weight is 256 g/mol. The summed E-state index contributed by atoms with van der Waals surface area (Å²) in [6.45, 7) is 3.49. The molecule has 104 valence electrons. The summed E-state index contributed by atoms with van der Waals surface area (Å²) in [5.74, 6) is 0.913. The van der Waals surface area contributed by atoms with Crippen LogP contribution in [0.3, 0.4) is 0 Å². The van der Waals surface area contributed by atoms with Gasteiger partial charge in [0.05, 0.1) is 0 Å². The van der Waals surface area contributed by atoms with E-state index < -0.39 is 0 Å². The minimum absolute atomic E-state index is 0.0205. The Morgan fingerprint density at radius 1 is 1.28 bits per heavy atom. The number of carbonyl (C=O) groups excluding carboxylic acids is 1. The Balaban J connectivity index is 1.75. The number of nitrogens with zero attached hydrogens (tertiary/aromatic N) is 1. The summed E-state index contributed by atoms with van der Waals surface area (Å²) in [5.41, 5.74) is 0. The molecule has 5 heteroatoms. The fourth-order valence-electron chi connectivity index (χ4n) is 2.85. The molecule has 2 heterocycles. The molecule has 0 aromatic heterocycles. The Labute approximate surface area is 109 Å². The van der Waals surface area contributed by atoms with Crippen LogP contribution in [-0.2, 0) is 14.3 Å². The lowest BCUT2D eigenvalue weighted by Gasteiger charge is -2.16. The SMILES string of the molecule is COC1CN(C(=O)CCC2CCNC2)CC1OC. The molecule has 3 atom stereocenters. The molecule has 0 bridgehead atoms. The van der Waals surface area contributed by atoms with Gasteiger partial charge in [0.25, 0.3) is 0 Å². The average Bonchev–Trinajstić information content (AvgIpc) is 3.04. The van der Waals surface area contributed by atoms with Crippen LogP contribution in [0.4, 0.5) is 0 Å².